The van der Waals surface area contributed by atoms with Crippen LogP contribution in [0.2, 0.25) is 0 Å². The summed E-state index contributed by atoms with van der Waals surface area (Å²) in [5, 5.41) is 4.92. The average Bonchev–Trinajstić information content (AvgIpc) is 3.36. The first-order valence-corrected chi connectivity index (χ1v) is 10.8. The largest absolute Gasteiger partial charge is 0.493 e. The number of ether oxygens (including phenoxy) is 1. The maximum atomic E-state index is 12.6. The number of nitrogens with zero attached hydrogens (tertiary/aromatic N) is 2. The molecule has 0 saturated heterocycles. The van der Waals surface area contributed by atoms with E-state index in [1.54, 1.807) is 61.7 Å². The zero-order valence-corrected chi connectivity index (χ0v) is 19.2. The van der Waals surface area contributed by atoms with E-state index < -0.39 is 17.9 Å². The van der Waals surface area contributed by atoms with E-state index in [1.165, 1.54) is 6.33 Å². The second-order valence-corrected chi connectivity index (χ2v) is 7.74. The van der Waals surface area contributed by atoms with Crippen molar-refractivity contribution in [2.45, 2.75) is 19.4 Å². The molecule has 0 spiro atoms. The number of carbonyl (C=O) groups is 3. The van der Waals surface area contributed by atoms with Crippen LogP contribution in [0.25, 0.3) is 0 Å². The van der Waals surface area contributed by atoms with Crippen molar-refractivity contribution in [3.05, 3.63) is 77.9 Å². The number of benzene rings is 2. The molecule has 2 amide bonds. The highest BCUT2D eigenvalue weighted by Gasteiger charge is 2.23. The third-order valence-electron chi connectivity index (χ3n) is 5.01. The number of carbonyl (C=O) groups excluding carboxylic acids is 3. The number of ketones is 1. The van der Waals surface area contributed by atoms with Gasteiger partial charge < -0.3 is 20.8 Å². The Labute approximate surface area is 201 Å². The number of aromatic amines is 1. The standard InChI is InChI=1S/C24H23N5O4S/c1-15(24(32)29-21(23(25)31)10-19-11-26-13-27-19)12-33-20-8-4-17(5-9-20)22(30)16-2-6-18(7-3-16)28-14-34/h2-9,11,13,15,21H,10,12H2,1H3,(H2,25,31)(H,26,27)(H,29,32). The number of nitrogens with two attached hydrogens (primary N) is 1. The summed E-state index contributed by atoms with van der Waals surface area (Å²) in [7, 11) is 0. The van der Waals surface area contributed by atoms with Crippen molar-refractivity contribution in [3.63, 3.8) is 0 Å². The molecule has 0 aliphatic rings. The summed E-state index contributed by atoms with van der Waals surface area (Å²) >= 11 is 4.57. The molecule has 3 aromatic rings. The molecule has 174 valence electrons. The number of aliphatic imine (C=N–C) groups is 1. The van der Waals surface area contributed by atoms with Crippen LogP contribution in [-0.4, -0.2) is 45.4 Å². The molecule has 34 heavy (non-hydrogen) atoms. The van der Waals surface area contributed by atoms with Gasteiger partial charge in [0.15, 0.2) is 5.78 Å². The fourth-order valence-electron chi connectivity index (χ4n) is 3.06. The Balaban J connectivity index is 1.53. The van der Waals surface area contributed by atoms with Crippen LogP contribution in [0.4, 0.5) is 5.69 Å². The van der Waals surface area contributed by atoms with Crippen LogP contribution in [0.3, 0.4) is 0 Å². The first kappa shape index (κ1) is 24.5. The Bertz CT molecular complexity index is 1190. The van der Waals surface area contributed by atoms with Gasteiger partial charge in [0.2, 0.25) is 11.8 Å². The van der Waals surface area contributed by atoms with E-state index in [0.717, 1.165) is 0 Å². The van der Waals surface area contributed by atoms with Gasteiger partial charge >= 0.3 is 0 Å². The third-order valence-corrected chi connectivity index (χ3v) is 5.10. The Kier molecular flexibility index (Phi) is 8.39. The van der Waals surface area contributed by atoms with Crippen molar-refractivity contribution in [2.75, 3.05) is 6.61 Å². The summed E-state index contributed by atoms with van der Waals surface area (Å²) in [5.41, 5.74) is 7.72. The van der Waals surface area contributed by atoms with Crippen molar-refractivity contribution in [2.24, 2.45) is 16.6 Å². The highest BCUT2D eigenvalue weighted by Crippen LogP contribution is 2.18. The number of aromatic nitrogens is 2. The van der Waals surface area contributed by atoms with Crippen molar-refractivity contribution < 1.29 is 19.1 Å². The topological polar surface area (TPSA) is 140 Å². The van der Waals surface area contributed by atoms with Crippen LogP contribution in [0.15, 0.2) is 66.0 Å². The molecule has 1 heterocycles. The normalized spacial score (nSPS) is 12.1. The number of isothiocyanates is 1. The number of amides is 2. The van der Waals surface area contributed by atoms with E-state index in [4.69, 9.17) is 10.5 Å². The van der Waals surface area contributed by atoms with Crippen LogP contribution in [-0.2, 0) is 16.0 Å². The summed E-state index contributed by atoms with van der Waals surface area (Å²) in [6.45, 7) is 1.76. The zero-order chi connectivity index (χ0) is 24.5. The van der Waals surface area contributed by atoms with Crippen LogP contribution in [0.1, 0.15) is 28.5 Å². The summed E-state index contributed by atoms with van der Waals surface area (Å²) < 4.78 is 5.69. The van der Waals surface area contributed by atoms with Crippen molar-refractivity contribution >= 4 is 40.7 Å². The van der Waals surface area contributed by atoms with Gasteiger partial charge in [-0.05, 0) is 60.7 Å². The fourth-order valence-corrected chi connectivity index (χ4v) is 3.16. The molecule has 0 aliphatic carbocycles. The Morgan fingerprint density at radius 3 is 2.35 bits per heavy atom. The molecule has 0 bridgehead atoms. The first-order valence-electron chi connectivity index (χ1n) is 10.4. The second kappa shape index (κ2) is 11.6. The molecular formula is C24H23N5O4S. The maximum absolute atomic E-state index is 12.6. The molecular weight excluding hydrogens is 454 g/mol. The minimum Gasteiger partial charge on any atom is -0.493 e. The lowest BCUT2D eigenvalue weighted by Gasteiger charge is -2.18. The van der Waals surface area contributed by atoms with Crippen molar-refractivity contribution in [3.8, 4) is 5.75 Å². The SMILES string of the molecule is CC(COc1ccc(C(=O)c2ccc(N=C=S)cc2)cc1)C(=O)NC(Cc1cnc[nH]1)C(N)=O. The van der Waals surface area contributed by atoms with Gasteiger partial charge in [0.1, 0.15) is 11.8 Å². The van der Waals surface area contributed by atoms with Gasteiger partial charge in [-0.15, -0.1) is 0 Å². The van der Waals surface area contributed by atoms with Crippen LogP contribution in [0.5, 0.6) is 5.75 Å². The molecule has 9 nitrogen and oxygen atoms in total. The smallest absolute Gasteiger partial charge is 0.240 e. The van der Waals surface area contributed by atoms with Crippen molar-refractivity contribution in [1.82, 2.24) is 15.3 Å². The quantitative estimate of drug-likeness (QED) is 0.220. The monoisotopic (exact) mass is 477 g/mol. The van der Waals surface area contributed by atoms with E-state index in [1.807, 2.05) is 0 Å². The maximum Gasteiger partial charge on any atom is 0.240 e. The van der Waals surface area contributed by atoms with Crippen LogP contribution in [0, 0.1) is 5.92 Å². The minimum absolute atomic E-state index is 0.0799. The van der Waals surface area contributed by atoms with Gasteiger partial charge in [-0.1, -0.05) is 6.92 Å². The fraction of sp³-hybridized carbons (Fsp3) is 0.208. The molecule has 0 saturated carbocycles. The molecule has 3 rings (SSSR count). The minimum atomic E-state index is -0.865. The van der Waals surface area contributed by atoms with Gasteiger partial charge in [-0.3, -0.25) is 14.4 Å². The Morgan fingerprint density at radius 2 is 1.79 bits per heavy atom. The molecule has 2 atom stereocenters. The Morgan fingerprint density at radius 1 is 1.15 bits per heavy atom. The molecule has 0 aliphatic heterocycles. The van der Waals surface area contributed by atoms with Gasteiger partial charge in [0, 0.05) is 29.4 Å². The molecule has 1 aromatic heterocycles. The number of imidazole rings is 1. The number of hydrogen-bond acceptors (Lipinski definition) is 7. The number of H-pyrrole nitrogens is 1. The third kappa shape index (κ3) is 6.68. The van der Waals surface area contributed by atoms with Gasteiger partial charge in [-0.25, -0.2) is 4.98 Å². The summed E-state index contributed by atoms with van der Waals surface area (Å²) in [4.78, 5) is 47.5. The zero-order valence-electron chi connectivity index (χ0n) is 18.4. The molecule has 0 fully saturated rings. The van der Waals surface area contributed by atoms with E-state index >= 15 is 0 Å². The molecule has 2 unspecified atom stereocenters. The highest BCUT2D eigenvalue weighted by atomic mass is 32.1. The summed E-state index contributed by atoms with van der Waals surface area (Å²) in [5.74, 6) is -1.19. The van der Waals surface area contributed by atoms with Gasteiger partial charge in [0.05, 0.1) is 29.7 Å². The molecule has 4 N–H and O–H groups in total. The first-order chi connectivity index (χ1) is 16.4. The van der Waals surface area contributed by atoms with Crippen molar-refractivity contribution in [1.29, 1.82) is 0 Å². The molecule has 2 aromatic carbocycles. The summed E-state index contributed by atoms with van der Waals surface area (Å²) in [6, 6.07) is 12.5. The van der Waals surface area contributed by atoms with Crippen LogP contribution >= 0.6 is 12.2 Å². The highest BCUT2D eigenvalue weighted by molar-refractivity contribution is 7.78. The Hall–Kier alpha value is -4.14. The predicted molar refractivity (Wildman–Crippen MR) is 129 cm³/mol. The number of primary amides is 1. The van der Waals surface area contributed by atoms with Gasteiger partial charge in [-0.2, -0.15) is 4.99 Å². The lowest BCUT2D eigenvalue weighted by molar-refractivity contribution is -0.130. The second-order valence-electron chi connectivity index (χ2n) is 7.56. The van der Waals surface area contributed by atoms with E-state index in [0.29, 0.717) is 28.3 Å². The average molecular weight is 478 g/mol. The lowest BCUT2D eigenvalue weighted by Crippen LogP contribution is -2.48. The number of thiocarbonyl (C=S) groups is 1. The van der Waals surface area contributed by atoms with E-state index in [9.17, 15) is 14.4 Å². The predicted octanol–water partition coefficient (Wildman–Crippen LogP) is 2.60. The van der Waals surface area contributed by atoms with Crippen LogP contribution < -0.4 is 15.8 Å². The number of hydrogen-bond donors (Lipinski definition) is 3. The summed E-state index contributed by atoms with van der Waals surface area (Å²) in [6.07, 6.45) is 3.26. The van der Waals surface area contributed by atoms with E-state index in [-0.39, 0.29) is 24.7 Å². The number of nitrogens with one attached hydrogen (secondary N) is 2. The van der Waals surface area contributed by atoms with Gasteiger partial charge in [0.25, 0.3) is 0 Å². The molecule has 0 radical (unpaired) electrons. The molecule has 10 heteroatoms. The van der Waals surface area contributed by atoms with E-state index in [2.05, 4.69) is 37.7 Å². The number of rotatable bonds is 11. The lowest BCUT2D eigenvalue weighted by atomic mass is 10.0.